The van der Waals surface area contributed by atoms with Gasteiger partial charge in [0, 0.05) is 5.41 Å². The van der Waals surface area contributed by atoms with Crippen molar-refractivity contribution in [1.82, 2.24) is 0 Å². The van der Waals surface area contributed by atoms with E-state index in [4.69, 9.17) is 0 Å². The van der Waals surface area contributed by atoms with Crippen molar-refractivity contribution in [1.29, 1.82) is 0 Å². The van der Waals surface area contributed by atoms with E-state index in [0.29, 0.717) is 0 Å². The van der Waals surface area contributed by atoms with Crippen molar-refractivity contribution in [3.8, 4) is 0 Å². The molecule has 0 saturated heterocycles. The molecule has 15 heavy (non-hydrogen) atoms. The molecule has 0 fully saturated rings. The van der Waals surface area contributed by atoms with Gasteiger partial charge in [-0.15, -0.1) is 0 Å². The predicted octanol–water partition coefficient (Wildman–Crippen LogP) is 1.72. The molecule has 0 heterocycles. The maximum absolute atomic E-state index is 11.4. The second-order valence-corrected chi connectivity index (χ2v) is 5.51. The quantitative estimate of drug-likeness (QED) is 0.379. The van der Waals surface area contributed by atoms with E-state index in [1.807, 2.05) is 0 Å². The van der Waals surface area contributed by atoms with Gasteiger partial charge in [-0.05, 0) is 20.8 Å². The first-order valence-electron chi connectivity index (χ1n) is 4.77. The third-order valence-electron chi connectivity index (χ3n) is 1.66. The summed E-state index contributed by atoms with van der Waals surface area (Å²) < 4.78 is 4.48. The highest BCUT2D eigenvalue weighted by atomic mass is 16.6. The first-order valence-corrected chi connectivity index (χ1v) is 4.77. The minimum Gasteiger partial charge on any atom is -0.387 e. The standard InChI is InChI=1S/C11H18O4/c1-10(2,3)7(12)8(13)15-9(14)11(4,5)6/h1-6H3. The fraction of sp³-hybridized carbons (Fsp3) is 0.727. The van der Waals surface area contributed by atoms with Crippen LogP contribution in [0.1, 0.15) is 41.5 Å². The van der Waals surface area contributed by atoms with E-state index in [1.165, 1.54) is 0 Å². The molecule has 0 aliphatic rings. The van der Waals surface area contributed by atoms with Gasteiger partial charge in [-0.1, -0.05) is 20.8 Å². The lowest BCUT2D eigenvalue weighted by Gasteiger charge is -2.18. The highest BCUT2D eigenvalue weighted by Gasteiger charge is 2.34. The summed E-state index contributed by atoms with van der Waals surface area (Å²) in [6.07, 6.45) is 0. The average molecular weight is 214 g/mol. The van der Waals surface area contributed by atoms with Gasteiger partial charge in [-0.2, -0.15) is 0 Å². The molecule has 0 radical (unpaired) electrons. The molecule has 0 spiro atoms. The zero-order valence-electron chi connectivity index (χ0n) is 10.1. The number of carbonyl (C=O) groups excluding carboxylic acids is 3. The second-order valence-electron chi connectivity index (χ2n) is 5.51. The maximum atomic E-state index is 11.4. The van der Waals surface area contributed by atoms with Crippen molar-refractivity contribution in [3.63, 3.8) is 0 Å². The van der Waals surface area contributed by atoms with Gasteiger partial charge >= 0.3 is 11.9 Å². The molecule has 0 unspecified atom stereocenters. The number of rotatable bonds is 1. The lowest BCUT2D eigenvalue weighted by Crippen LogP contribution is -2.35. The summed E-state index contributed by atoms with van der Waals surface area (Å²) in [5.74, 6) is -2.47. The number of Topliss-reactive ketones (excluding diaryl/α,β-unsaturated/α-hetero) is 1. The summed E-state index contributed by atoms with van der Waals surface area (Å²) in [6, 6.07) is 0. The van der Waals surface area contributed by atoms with E-state index < -0.39 is 28.6 Å². The minimum absolute atomic E-state index is 0.690. The van der Waals surface area contributed by atoms with Crippen molar-refractivity contribution in [2.24, 2.45) is 10.8 Å². The first kappa shape index (κ1) is 13.8. The van der Waals surface area contributed by atoms with Crippen LogP contribution in [0.4, 0.5) is 0 Å². The SMILES string of the molecule is CC(C)(C)C(=O)OC(=O)C(=O)C(C)(C)C. The molecule has 4 heteroatoms. The number of hydrogen-bond donors (Lipinski definition) is 0. The van der Waals surface area contributed by atoms with E-state index in [2.05, 4.69) is 4.74 Å². The molecule has 0 aromatic heterocycles. The van der Waals surface area contributed by atoms with E-state index in [9.17, 15) is 14.4 Å². The Hall–Kier alpha value is -1.19. The summed E-state index contributed by atoms with van der Waals surface area (Å²) >= 11 is 0. The summed E-state index contributed by atoms with van der Waals surface area (Å²) in [6.45, 7) is 9.63. The molecule has 0 saturated carbocycles. The van der Waals surface area contributed by atoms with Crippen LogP contribution in [0.15, 0.2) is 0 Å². The zero-order valence-corrected chi connectivity index (χ0v) is 10.1. The Morgan fingerprint density at radius 1 is 0.800 bits per heavy atom. The Morgan fingerprint density at radius 2 is 1.20 bits per heavy atom. The van der Waals surface area contributed by atoms with E-state index in [1.54, 1.807) is 41.5 Å². The number of ketones is 1. The Balaban J connectivity index is 4.54. The van der Waals surface area contributed by atoms with Crippen LogP contribution >= 0.6 is 0 Å². The molecule has 86 valence electrons. The van der Waals surface area contributed by atoms with Gasteiger partial charge in [0.1, 0.15) is 0 Å². The Kier molecular flexibility index (Phi) is 3.80. The van der Waals surface area contributed by atoms with Crippen LogP contribution in [-0.2, 0) is 19.1 Å². The summed E-state index contributed by atoms with van der Waals surface area (Å²) in [7, 11) is 0. The number of ether oxygens (including phenoxy) is 1. The minimum atomic E-state index is -1.08. The number of hydrogen-bond acceptors (Lipinski definition) is 4. The van der Waals surface area contributed by atoms with Crippen LogP contribution in [0.2, 0.25) is 0 Å². The molecule has 4 nitrogen and oxygen atoms in total. The Labute approximate surface area is 90.0 Å². The van der Waals surface area contributed by atoms with Gasteiger partial charge in [0.2, 0.25) is 5.78 Å². The predicted molar refractivity (Wildman–Crippen MR) is 55.0 cm³/mol. The van der Waals surface area contributed by atoms with Crippen LogP contribution in [0.5, 0.6) is 0 Å². The van der Waals surface area contributed by atoms with Crippen LogP contribution in [-0.4, -0.2) is 17.7 Å². The zero-order chi connectivity index (χ0) is 12.4. The van der Waals surface area contributed by atoms with Gasteiger partial charge in [-0.25, -0.2) is 4.79 Å². The van der Waals surface area contributed by atoms with E-state index in [0.717, 1.165) is 0 Å². The van der Waals surface area contributed by atoms with Crippen LogP contribution in [0.3, 0.4) is 0 Å². The van der Waals surface area contributed by atoms with Crippen molar-refractivity contribution < 1.29 is 19.1 Å². The maximum Gasteiger partial charge on any atom is 0.382 e. The van der Waals surface area contributed by atoms with Crippen LogP contribution in [0.25, 0.3) is 0 Å². The smallest absolute Gasteiger partial charge is 0.382 e. The first-order chi connectivity index (χ1) is 6.46. The molecule has 0 atom stereocenters. The summed E-state index contributed by atoms with van der Waals surface area (Å²) in [5.41, 5.74) is -1.61. The van der Waals surface area contributed by atoms with Crippen LogP contribution < -0.4 is 0 Å². The van der Waals surface area contributed by atoms with Gasteiger partial charge in [0.25, 0.3) is 0 Å². The third-order valence-corrected chi connectivity index (χ3v) is 1.66. The third kappa shape index (κ3) is 4.23. The van der Waals surface area contributed by atoms with Crippen molar-refractivity contribution in [2.45, 2.75) is 41.5 Å². The Morgan fingerprint density at radius 3 is 1.47 bits per heavy atom. The van der Waals surface area contributed by atoms with Crippen LogP contribution in [0, 0.1) is 10.8 Å². The van der Waals surface area contributed by atoms with E-state index in [-0.39, 0.29) is 0 Å². The number of carbonyl (C=O) groups is 3. The monoisotopic (exact) mass is 214 g/mol. The van der Waals surface area contributed by atoms with Crippen molar-refractivity contribution >= 4 is 17.7 Å². The largest absolute Gasteiger partial charge is 0.387 e. The van der Waals surface area contributed by atoms with Crippen molar-refractivity contribution in [3.05, 3.63) is 0 Å². The summed E-state index contributed by atoms with van der Waals surface area (Å²) in [5, 5.41) is 0. The second kappa shape index (κ2) is 4.13. The molecular formula is C11H18O4. The molecule has 0 N–H and O–H groups in total. The molecule has 0 aliphatic carbocycles. The fourth-order valence-electron chi connectivity index (χ4n) is 0.590. The highest BCUT2D eigenvalue weighted by molar-refractivity contribution is 6.37. The van der Waals surface area contributed by atoms with E-state index >= 15 is 0 Å². The van der Waals surface area contributed by atoms with Gasteiger partial charge in [0.15, 0.2) is 0 Å². The summed E-state index contributed by atoms with van der Waals surface area (Å²) in [4.78, 5) is 34.0. The molecule has 0 amide bonds. The molecule has 0 bridgehead atoms. The molecular weight excluding hydrogens is 196 g/mol. The fourth-order valence-corrected chi connectivity index (χ4v) is 0.590. The van der Waals surface area contributed by atoms with Gasteiger partial charge in [0.05, 0.1) is 5.41 Å². The van der Waals surface area contributed by atoms with Gasteiger partial charge in [-0.3, -0.25) is 9.59 Å². The normalized spacial score (nSPS) is 12.1. The number of esters is 2. The average Bonchev–Trinajstić information content (AvgIpc) is 1.99. The Bertz CT molecular complexity index is 289. The molecule has 0 aromatic carbocycles. The van der Waals surface area contributed by atoms with Crippen molar-refractivity contribution in [2.75, 3.05) is 0 Å². The lowest BCUT2D eigenvalue weighted by atomic mass is 9.91. The lowest BCUT2D eigenvalue weighted by molar-refractivity contribution is -0.170. The molecule has 0 aromatic rings. The topological polar surface area (TPSA) is 60.4 Å². The highest BCUT2D eigenvalue weighted by Crippen LogP contribution is 2.18. The van der Waals surface area contributed by atoms with Gasteiger partial charge < -0.3 is 4.74 Å². The molecule has 0 aliphatic heterocycles. The molecule has 0 rings (SSSR count).